The van der Waals surface area contributed by atoms with Crippen molar-refractivity contribution in [2.24, 2.45) is 0 Å². The van der Waals surface area contributed by atoms with Crippen molar-refractivity contribution in [3.05, 3.63) is 47.3 Å². The van der Waals surface area contributed by atoms with Gasteiger partial charge in [-0.25, -0.2) is 14.8 Å². The zero-order valence-electron chi connectivity index (χ0n) is 15.5. The van der Waals surface area contributed by atoms with Crippen molar-refractivity contribution in [3.63, 3.8) is 0 Å². The molecule has 0 bridgehead atoms. The molecule has 0 amide bonds. The number of aromatic nitrogens is 2. The Bertz CT molecular complexity index is 755. The molecule has 2 aromatic rings. The third kappa shape index (κ3) is 4.29. The molecule has 0 unspecified atom stereocenters. The highest BCUT2D eigenvalue weighted by Gasteiger charge is 2.15. The van der Waals surface area contributed by atoms with Gasteiger partial charge in [-0.2, -0.15) is 0 Å². The number of carbonyl (C=O) groups excluding carboxylic acids is 1. The highest BCUT2D eigenvalue weighted by molar-refractivity contribution is 5.90. The van der Waals surface area contributed by atoms with Crippen LogP contribution < -0.4 is 10.2 Å². The number of methoxy groups -OCH3 is 1. The van der Waals surface area contributed by atoms with E-state index >= 15 is 0 Å². The number of pyridine rings is 2. The molecule has 0 aromatic carbocycles. The van der Waals surface area contributed by atoms with E-state index in [9.17, 15) is 4.79 Å². The number of anilines is 2. The van der Waals surface area contributed by atoms with Crippen LogP contribution in [0.3, 0.4) is 0 Å². The number of likely N-dealkylation sites (N-methyl/N-ethyl adjacent to an activating group) is 1. The molecule has 7 nitrogen and oxygen atoms in total. The van der Waals surface area contributed by atoms with E-state index < -0.39 is 0 Å². The van der Waals surface area contributed by atoms with Crippen molar-refractivity contribution in [2.45, 2.75) is 13.5 Å². The molecule has 1 N–H and O–H groups in total. The largest absolute Gasteiger partial charge is 0.465 e. The van der Waals surface area contributed by atoms with Crippen molar-refractivity contribution in [3.8, 4) is 0 Å². The third-order valence-electron chi connectivity index (χ3n) is 4.60. The molecule has 0 atom stereocenters. The van der Waals surface area contributed by atoms with Gasteiger partial charge in [-0.3, -0.25) is 0 Å². The maximum Gasteiger partial charge on any atom is 0.339 e. The van der Waals surface area contributed by atoms with Crippen molar-refractivity contribution >= 4 is 17.6 Å². The van der Waals surface area contributed by atoms with E-state index in [0.717, 1.165) is 43.4 Å². The minimum Gasteiger partial charge on any atom is -0.465 e. The van der Waals surface area contributed by atoms with Gasteiger partial charge in [0.15, 0.2) is 0 Å². The van der Waals surface area contributed by atoms with Crippen LogP contribution >= 0.6 is 0 Å². The Morgan fingerprint density at radius 3 is 2.58 bits per heavy atom. The van der Waals surface area contributed by atoms with Gasteiger partial charge in [-0.05, 0) is 37.7 Å². The minimum atomic E-state index is -0.370. The Balaban J connectivity index is 1.58. The molecule has 0 spiro atoms. The number of piperazine rings is 1. The van der Waals surface area contributed by atoms with Crippen molar-refractivity contribution < 1.29 is 9.53 Å². The number of aryl methyl sites for hydroxylation is 1. The van der Waals surface area contributed by atoms with Crippen LogP contribution in [0.15, 0.2) is 30.5 Å². The normalized spacial score (nSPS) is 15.0. The topological polar surface area (TPSA) is 70.6 Å². The van der Waals surface area contributed by atoms with Gasteiger partial charge in [0, 0.05) is 38.9 Å². The van der Waals surface area contributed by atoms with Gasteiger partial charge in [0.05, 0.1) is 18.4 Å². The molecule has 3 heterocycles. The molecule has 7 heteroatoms. The summed E-state index contributed by atoms with van der Waals surface area (Å²) in [7, 11) is 3.51. The van der Waals surface area contributed by atoms with Gasteiger partial charge in [0.2, 0.25) is 0 Å². The average Bonchev–Trinajstić information content (AvgIpc) is 2.67. The van der Waals surface area contributed by atoms with Gasteiger partial charge < -0.3 is 19.9 Å². The molecule has 1 fully saturated rings. The number of ether oxygens (including phenoxy) is 1. The van der Waals surface area contributed by atoms with E-state index in [4.69, 9.17) is 4.74 Å². The van der Waals surface area contributed by atoms with Crippen LogP contribution in [0.5, 0.6) is 0 Å². The third-order valence-corrected chi connectivity index (χ3v) is 4.60. The summed E-state index contributed by atoms with van der Waals surface area (Å²) in [6.07, 6.45) is 1.90. The Morgan fingerprint density at radius 2 is 1.96 bits per heavy atom. The molecule has 26 heavy (non-hydrogen) atoms. The maximum atomic E-state index is 11.6. The lowest BCUT2D eigenvalue weighted by Crippen LogP contribution is -2.44. The van der Waals surface area contributed by atoms with Crippen molar-refractivity contribution in [2.75, 3.05) is 50.6 Å². The van der Waals surface area contributed by atoms with E-state index in [1.54, 1.807) is 19.1 Å². The summed E-state index contributed by atoms with van der Waals surface area (Å²) in [5.41, 5.74) is 2.21. The molecule has 1 aliphatic heterocycles. The Kier molecular flexibility index (Phi) is 5.68. The second-order valence-electron chi connectivity index (χ2n) is 6.49. The highest BCUT2D eigenvalue weighted by atomic mass is 16.5. The standard InChI is InChI=1S/C19H25N5O2/c1-14-16(19(25)26-3)5-6-17(22-14)20-12-15-4-7-18(21-13-15)24-10-8-23(2)9-11-24/h4-7,13H,8-12H2,1-3H3,(H,20,22). The smallest absolute Gasteiger partial charge is 0.339 e. The Hall–Kier alpha value is -2.67. The van der Waals surface area contributed by atoms with Gasteiger partial charge >= 0.3 is 5.97 Å². The number of nitrogens with zero attached hydrogens (tertiary/aromatic N) is 4. The van der Waals surface area contributed by atoms with E-state index in [0.29, 0.717) is 17.8 Å². The molecule has 138 valence electrons. The summed E-state index contributed by atoms with van der Waals surface area (Å²) >= 11 is 0. The summed E-state index contributed by atoms with van der Waals surface area (Å²) in [5, 5.41) is 3.27. The molecule has 2 aromatic heterocycles. The summed E-state index contributed by atoms with van der Waals surface area (Å²) in [4.78, 5) is 25.3. The first-order valence-corrected chi connectivity index (χ1v) is 8.75. The van der Waals surface area contributed by atoms with Crippen molar-refractivity contribution in [1.29, 1.82) is 0 Å². The average molecular weight is 355 g/mol. The van der Waals surface area contributed by atoms with Gasteiger partial charge in [-0.1, -0.05) is 6.07 Å². The lowest BCUT2D eigenvalue weighted by atomic mass is 10.2. The first kappa shape index (κ1) is 18.1. The molecule has 0 saturated carbocycles. The van der Waals surface area contributed by atoms with E-state index in [-0.39, 0.29) is 5.97 Å². The maximum absolute atomic E-state index is 11.6. The lowest BCUT2D eigenvalue weighted by Gasteiger charge is -2.33. The SMILES string of the molecule is COC(=O)c1ccc(NCc2ccc(N3CCN(C)CC3)nc2)nc1C. The number of hydrogen-bond donors (Lipinski definition) is 1. The molecule has 3 rings (SSSR count). The zero-order chi connectivity index (χ0) is 18.5. The van der Waals surface area contributed by atoms with Gasteiger partial charge in [0.1, 0.15) is 11.6 Å². The predicted molar refractivity (Wildman–Crippen MR) is 102 cm³/mol. The fraction of sp³-hybridized carbons (Fsp3) is 0.421. The van der Waals surface area contributed by atoms with Gasteiger partial charge in [-0.15, -0.1) is 0 Å². The number of nitrogens with one attached hydrogen (secondary N) is 1. The van der Waals surface area contributed by atoms with E-state index in [1.807, 2.05) is 6.20 Å². The molecular weight excluding hydrogens is 330 g/mol. The first-order valence-electron chi connectivity index (χ1n) is 8.75. The second kappa shape index (κ2) is 8.14. The molecule has 0 aliphatic carbocycles. The van der Waals surface area contributed by atoms with Crippen LogP contribution in [-0.4, -0.2) is 61.2 Å². The fourth-order valence-electron chi connectivity index (χ4n) is 2.92. The first-order chi connectivity index (χ1) is 12.6. The Morgan fingerprint density at radius 1 is 1.19 bits per heavy atom. The monoisotopic (exact) mass is 355 g/mol. The van der Waals surface area contributed by atoms with Crippen LogP contribution in [0, 0.1) is 6.92 Å². The second-order valence-corrected chi connectivity index (χ2v) is 6.49. The van der Waals surface area contributed by atoms with E-state index in [1.165, 1.54) is 7.11 Å². The molecule has 0 radical (unpaired) electrons. The van der Waals surface area contributed by atoms with Crippen molar-refractivity contribution in [1.82, 2.24) is 14.9 Å². The van der Waals surface area contributed by atoms with Crippen LogP contribution in [0.4, 0.5) is 11.6 Å². The fourth-order valence-corrected chi connectivity index (χ4v) is 2.92. The summed E-state index contributed by atoms with van der Waals surface area (Å²) < 4.78 is 4.74. The van der Waals surface area contributed by atoms with Crippen LogP contribution in [0.1, 0.15) is 21.6 Å². The number of carbonyl (C=O) groups is 1. The summed E-state index contributed by atoms with van der Waals surface area (Å²) in [6.45, 7) is 6.58. The quantitative estimate of drug-likeness (QED) is 0.822. The summed E-state index contributed by atoms with van der Waals surface area (Å²) in [5.74, 6) is 1.38. The molecule has 1 saturated heterocycles. The van der Waals surface area contributed by atoms with Crippen LogP contribution in [0.25, 0.3) is 0 Å². The predicted octanol–water partition coefficient (Wildman–Crippen LogP) is 1.94. The van der Waals surface area contributed by atoms with Crippen LogP contribution in [0.2, 0.25) is 0 Å². The highest BCUT2D eigenvalue weighted by Crippen LogP contribution is 2.15. The number of rotatable bonds is 5. The molecular formula is C19H25N5O2. The van der Waals surface area contributed by atoms with Gasteiger partial charge in [0.25, 0.3) is 0 Å². The van der Waals surface area contributed by atoms with Crippen LogP contribution in [-0.2, 0) is 11.3 Å². The minimum absolute atomic E-state index is 0.370. The Labute approximate surface area is 154 Å². The summed E-state index contributed by atoms with van der Waals surface area (Å²) in [6, 6.07) is 7.67. The number of hydrogen-bond acceptors (Lipinski definition) is 7. The zero-order valence-corrected chi connectivity index (χ0v) is 15.5. The molecule has 1 aliphatic rings. The number of esters is 1. The van der Waals surface area contributed by atoms with E-state index in [2.05, 4.69) is 44.3 Å². The lowest BCUT2D eigenvalue weighted by molar-refractivity contribution is 0.0599.